The van der Waals surface area contributed by atoms with Crippen molar-refractivity contribution in [3.05, 3.63) is 40.9 Å². The van der Waals surface area contributed by atoms with Gasteiger partial charge in [0, 0.05) is 32.0 Å². The van der Waals surface area contributed by atoms with Crippen LogP contribution < -0.4 is 10.2 Å². The smallest absolute Gasteiger partial charge is 0.252 e. The molecule has 7 nitrogen and oxygen atoms in total. The third kappa shape index (κ3) is 4.22. The highest BCUT2D eigenvalue weighted by molar-refractivity contribution is 5.94. The molecule has 0 radical (unpaired) electrons. The first-order valence-corrected chi connectivity index (χ1v) is 9.03. The molecule has 140 valence electrons. The van der Waals surface area contributed by atoms with Crippen LogP contribution in [0.2, 0.25) is 0 Å². The summed E-state index contributed by atoms with van der Waals surface area (Å²) in [6.07, 6.45) is 4.31. The van der Waals surface area contributed by atoms with Crippen molar-refractivity contribution < 1.29 is 14.1 Å². The average Bonchev–Trinajstić information content (AvgIpc) is 3.29. The third-order valence-corrected chi connectivity index (χ3v) is 4.90. The van der Waals surface area contributed by atoms with Crippen molar-refractivity contribution in [1.82, 2.24) is 15.5 Å². The quantitative estimate of drug-likeness (QED) is 0.765. The molecule has 1 fully saturated rings. The largest absolute Gasteiger partial charge is 0.379 e. The molecule has 7 heteroatoms. The van der Waals surface area contributed by atoms with Gasteiger partial charge in [0.15, 0.2) is 0 Å². The number of anilines is 1. The number of amides is 1. The fraction of sp³-hybridized carbons (Fsp3) is 0.526. The normalized spacial score (nSPS) is 16.7. The predicted molar refractivity (Wildman–Crippen MR) is 98.5 cm³/mol. The Morgan fingerprint density at radius 2 is 2.23 bits per heavy atom. The Balaban J connectivity index is 1.47. The Hall–Kier alpha value is -2.41. The molecule has 0 aromatic carbocycles. The highest BCUT2D eigenvalue weighted by atomic mass is 16.5. The molecular weight excluding hydrogens is 332 g/mol. The first-order chi connectivity index (χ1) is 12.6. The molecule has 0 spiro atoms. The van der Waals surface area contributed by atoms with Crippen LogP contribution in [0.25, 0.3) is 0 Å². The molecular formula is C19H26N4O3. The second-order valence-corrected chi connectivity index (χ2v) is 6.70. The number of rotatable bonds is 7. The summed E-state index contributed by atoms with van der Waals surface area (Å²) in [5.74, 6) is 1.61. The van der Waals surface area contributed by atoms with Crippen molar-refractivity contribution in [3.8, 4) is 0 Å². The molecule has 3 rings (SSSR count). The molecule has 3 heterocycles. The number of nitrogens with one attached hydrogen (secondary N) is 1. The number of aromatic nitrogens is 2. The van der Waals surface area contributed by atoms with Gasteiger partial charge in [-0.3, -0.25) is 4.79 Å². The number of pyridine rings is 1. The van der Waals surface area contributed by atoms with Crippen LogP contribution in [-0.4, -0.2) is 48.9 Å². The highest BCUT2D eigenvalue weighted by Gasteiger charge is 2.21. The van der Waals surface area contributed by atoms with Crippen LogP contribution in [-0.2, 0) is 11.2 Å². The Morgan fingerprint density at radius 3 is 2.85 bits per heavy atom. The topological polar surface area (TPSA) is 80.5 Å². The third-order valence-electron chi connectivity index (χ3n) is 4.90. The van der Waals surface area contributed by atoms with Crippen LogP contribution >= 0.6 is 0 Å². The summed E-state index contributed by atoms with van der Waals surface area (Å²) < 4.78 is 10.6. The minimum atomic E-state index is -0.102. The Bertz CT molecular complexity index is 716. The van der Waals surface area contributed by atoms with Crippen molar-refractivity contribution in [2.24, 2.45) is 0 Å². The van der Waals surface area contributed by atoms with E-state index in [1.54, 1.807) is 6.20 Å². The predicted octanol–water partition coefficient (Wildman–Crippen LogP) is 2.27. The molecule has 1 aliphatic rings. The van der Waals surface area contributed by atoms with E-state index in [1.807, 2.05) is 33.0 Å². The highest BCUT2D eigenvalue weighted by Crippen LogP contribution is 2.18. The van der Waals surface area contributed by atoms with E-state index in [2.05, 4.69) is 20.4 Å². The summed E-state index contributed by atoms with van der Waals surface area (Å²) in [6, 6.07) is 4.06. The molecule has 0 aliphatic carbocycles. The van der Waals surface area contributed by atoms with E-state index in [9.17, 15) is 4.79 Å². The van der Waals surface area contributed by atoms with E-state index < -0.39 is 0 Å². The van der Waals surface area contributed by atoms with Gasteiger partial charge in [0.05, 0.1) is 23.9 Å². The van der Waals surface area contributed by atoms with Crippen molar-refractivity contribution in [3.63, 3.8) is 0 Å². The first-order valence-electron chi connectivity index (χ1n) is 9.03. The summed E-state index contributed by atoms with van der Waals surface area (Å²) >= 11 is 0. The van der Waals surface area contributed by atoms with Gasteiger partial charge in [-0.25, -0.2) is 4.98 Å². The number of nitrogens with zero attached hydrogens (tertiary/aromatic N) is 3. The van der Waals surface area contributed by atoms with E-state index >= 15 is 0 Å². The maximum Gasteiger partial charge on any atom is 0.252 e. The second kappa shape index (κ2) is 8.31. The van der Waals surface area contributed by atoms with E-state index in [0.29, 0.717) is 18.2 Å². The maximum atomic E-state index is 12.3. The molecule has 1 atom stereocenters. The molecule has 1 amide bonds. The van der Waals surface area contributed by atoms with E-state index in [1.165, 1.54) is 0 Å². The number of hydrogen-bond acceptors (Lipinski definition) is 6. The molecule has 2 aromatic heterocycles. The van der Waals surface area contributed by atoms with Crippen LogP contribution in [0.5, 0.6) is 0 Å². The zero-order chi connectivity index (χ0) is 18.5. The average molecular weight is 358 g/mol. The summed E-state index contributed by atoms with van der Waals surface area (Å²) in [4.78, 5) is 18.8. The monoisotopic (exact) mass is 358 g/mol. The van der Waals surface area contributed by atoms with Gasteiger partial charge < -0.3 is 19.5 Å². The van der Waals surface area contributed by atoms with Gasteiger partial charge >= 0.3 is 0 Å². The second-order valence-electron chi connectivity index (χ2n) is 6.70. The number of carbonyl (C=O) groups is 1. The Labute approximate surface area is 153 Å². The molecule has 1 saturated heterocycles. The molecule has 26 heavy (non-hydrogen) atoms. The van der Waals surface area contributed by atoms with Gasteiger partial charge in [-0.1, -0.05) is 5.16 Å². The van der Waals surface area contributed by atoms with Crippen LogP contribution in [0.1, 0.15) is 40.2 Å². The standard InChI is InChI=1S/C19H26N4O3/c1-13-17(14(2)26-22-13)5-4-9-20-19(24)15-6-7-18(21-11-15)23(3)16-8-10-25-12-16/h6-7,11,16H,4-5,8-10,12H2,1-3H3,(H,20,24)/t16-/m0/s1. The molecule has 0 bridgehead atoms. The minimum absolute atomic E-state index is 0.102. The van der Waals surface area contributed by atoms with Crippen LogP contribution in [0.3, 0.4) is 0 Å². The van der Waals surface area contributed by atoms with Crippen molar-refractivity contribution in [1.29, 1.82) is 0 Å². The van der Waals surface area contributed by atoms with Gasteiger partial charge in [-0.15, -0.1) is 0 Å². The molecule has 1 N–H and O–H groups in total. The maximum absolute atomic E-state index is 12.3. The lowest BCUT2D eigenvalue weighted by atomic mass is 10.1. The minimum Gasteiger partial charge on any atom is -0.379 e. The zero-order valence-corrected chi connectivity index (χ0v) is 15.6. The van der Waals surface area contributed by atoms with Crippen LogP contribution in [0.15, 0.2) is 22.9 Å². The van der Waals surface area contributed by atoms with Crippen molar-refractivity contribution in [2.75, 3.05) is 31.7 Å². The van der Waals surface area contributed by atoms with Gasteiger partial charge in [0.25, 0.3) is 5.91 Å². The van der Waals surface area contributed by atoms with Crippen LogP contribution in [0.4, 0.5) is 5.82 Å². The SMILES string of the molecule is Cc1noc(C)c1CCCNC(=O)c1ccc(N(C)[C@H]2CCOC2)nc1. The summed E-state index contributed by atoms with van der Waals surface area (Å²) in [7, 11) is 2.01. The van der Waals surface area contributed by atoms with Gasteiger partial charge in [0.2, 0.25) is 0 Å². The molecule has 1 aliphatic heterocycles. The fourth-order valence-corrected chi connectivity index (χ4v) is 3.17. The molecule has 0 saturated carbocycles. The lowest BCUT2D eigenvalue weighted by Crippen LogP contribution is -2.32. The zero-order valence-electron chi connectivity index (χ0n) is 15.6. The lowest BCUT2D eigenvalue weighted by molar-refractivity contribution is 0.0953. The molecule has 0 unspecified atom stereocenters. The fourth-order valence-electron chi connectivity index (χ4n) is 3.17. The van der Waals surface area contributed by atoms with Crippen molar-refractivity contribution in [2.45, 2.75) is 39.2 Å². The number of hydrogen-bond donors (Lipinski definition) is 1. The number of ether oxygens (including phenoxy) is 1. The summed E-state index contributed by atoms with van der Waals surface area (Å²) in [5, 5.41) is 6.89. The van der Waals surface area contributed by atoms with E-state index in [0.717, 1.165) is 55.3 Å². The van der Waals surface area contributed by atoms with E-state index in [4.69, 9.17) is 9.26 Å². The van der Waals surface area contributed by atoms with E-state index in [-0.39, 0.29) is 5.91 Å². The van der Waals surface area contributed by atoms with Crippen molar-refractivity contribution >= 4 is 11.7 Å². The number of aryl methyl sites for hydroxylation is 2. The first kappa shape index (κ1) is 18.4. The Kier molecular flexibility index (Phi) is 5.88. The van der Waals surface area contributed by atoms with Crippen LogP contribution in [0, 0.1) is 13.8 Å². The number of carbonyl (C=O) groups excluding carboxylic acids is 1. The van der Waals surface area contributed by atoms with Gasteiger partial charge in [0.1, 0.15) is 11.6 Å². The number of likely N-dealkylation sites (N-methyl/N-ethyl adjacent to an activating group) is 1. The summed E-state index contributed by atoms with van der Waals surface area (Å²) in [5.41, 5.74) is 2.62. The van der Waals surface area contributed by atoms with Gasteiger partial charge in [-0.05, 0) is 45.2 Å². The molecule has 2 aromatic rings. The summed E-state index contributed by atoms with van der Waals surface area (Å²) in [6.45, 7) is 5.97. The lowest BCUT2D eigenvalue weighted by Gasteiger charge is -2.24. The van der Waals surface area contributed by atoms with Gasteiger partial charge in [-0.2, -0.15) is 0 Å². The Morgan fingerprint density at radius 1 is 1.38 bits per heavy atom.